The van der Waals surface area contributed by atoms with E-state index in [2.05, 4.69) is 5.32 Å². The summed E-state index contributed by atoms with van der Waals surface area (Å²) in [5, 5.41) is 2.91. The van der Waals surface area contributed by atoms with E-state index in [9.17, 15) is 4.79 Å². The second-order valence-electron chi connectivity index (χ2n) is 5.70. The molecule has 1 unspecified atom stereocenters. The lowest BCUT2D eigenvalue weighted by Crippen LogP contribution is -2.32. The molecule has 1 atom stereocenters. The Morgan fingerprint density at radius 1 is 1.08 bits per heavy atom. The maximum atomic E-state index is 12.6. The lowest BCUT2D eigenvalue weighted by Gasteiger charge is -2.20. The van der Waals surface area contributed by atoms with Gasteiger partial charge in [0.2, 0.25) is 0 Å². The van der Waals surface area contributed by atoms with E-state index in [1.165, 1.54) is 0 Å². The van der Waals surface area contributed by atoms with Gasteiger partial charge in [-0.3, -0.25) is 4.79 Å². The number of para-hydroxylation sites is 2. The lowest BCUT2D eigenvalue weighted by atomic mass is 10.1. The Labute approximate surface area is 143 Å². The molecule has 0 fully saturated rings. The summed E-state index contributed by atoms with van der Waals surface area (Å²) in [5.41, 5.74) is 2.78. The molecular weight excluding hydrogens is 302 g/mol. The van der Waals surface area contributed by atoms with Crippen LogP contribution in [0.4, 0.5) is 5.69 Å². The maximum absolute atomic E-state index is 12.6. The molecule has 0 spiro atoms. The first-order chi connectivity index (χ1) is 11.5. The highest BCUT2D eigenvalue weighted by molar-refractivity contribution is 5.95. The van der Waals surface area contributed by atoms with Crippen LogP contribution in [0.5, 0.6) is 11.5 Å². The van der Waals surface area contributed by atoms with E-state index in [1.807, 2.05) is 70.2 Å². The summed E-state index contributed by atoms with van der Waals surface area (Å²) in [7, 11) is 0. The van der Waals surface area contributed by atoms with Crippen molar-refractivity contribution in [1.82, 2.24) is 0 Å². The summed E-state index contributed by atoms with van der Waals surface area (Å²) in [6.45, 7) is 8.37. The third-order valence-electron chi connectivity index (χ3n) is 3.72. The number of carbonyl (C=O) groups excluding carboxylic acids is 1. The minimum atomic E-state index is -0.555. The highest BCUT2D eigenvalue weighted by Crippen LogP contribution is 2.25. The second kappa shape index (κ2) is 8.39. The molecule has 1 amide bonds. The van der Waals surface area contributed by atoms with Gasteiger partial charge < -0.3 is 14.8 Å². The molecule has 0 aromatic heterocycles. The first-order valence-electron chi connectivity index (χ1n) is 8.31. The van der Waals surface area contributed by atoms with Crippen molar-refractivity contribution >= 4 is 11.6 Å². The van der Waals surface area contributed by atoms with Crippen molar-refractivity contribution in [3.63, 3.8) is 0 Å². The van der Waals surface area contributed by atoms with Gasteiger partial charge in [-0.25, -0.2) is 0 Å². The summed E-state index contributed by atoms with van der Waals surface area (Å²) in [6, 6.07) is 13.4. The van der Waals surface area contributed by atoms with Gasteiger partial charge in [0.1, 0.15) is 11.5 Å². The molecule has 2 aromatic carbocycles. The number of aryl methyl sites for hydroxylation is 2. The number of ether oxygens (including phenoxy) is 2. The van der Waals surface area contributed by atoms with E-state index in [-0.39, 0.29) is 5.91 Å². The Morgan fingerprint density at radius 2 is 1.83 bits per heavy atom. The van der Waals surface area contributed by atoms with Gasteiger partial charge in [0, 0.05) is 0 Å². The lowest BCUT2D eigenvalue weighted by molar-refractivity contribution is -0.122. The molecule has 0 bridgehead atoms. The van der Waals surface area contributed by atoms with Gasteiger partial charge in [-0.15, -0.1) is 0 Å². The van der Waals surface area contributed by atoms with E-state index in [4.69, 9.17) is 9.47 Å². The fourth-order valence-corrected chi connectivity index (χ4v) is 2.37. The molecule has 1 N–H and O–H groups in total. The standard InChI is InChI=1S/C20H25NO3/c1-5-17(24-19-13-14(3)11-12-15(19)4)20(22)21-16-9-7-8-10-18(16)23-6-2/h7-13,17H,5-6H2,1-4H3,(H,21,22). The smallest absolute Gasteiger partial charge is 0.265 e. The normalized spacial score (nSPS) is 11.7. The van der Waals surface area contributed by atoms with Crippen LogP contribution in [0, 0.1) is 13.8 Å². The molecular formula is C20H25NO3. The number of hydrogen-bond acceptors (Lipinski definition) is 3. The molecule has 0 saturated heterocycles. The third kappa shape index (κ3) is 4.51. The van der Waals surface area contributed by atoms with Crippen molar-refractivity contribution in [3.8, 4) is 11.5 Å². The SMILES string of the molecule is CCOc1ccccc1NC(=O)C(CC)Oc1cc(C)ccc1C. The molecule has 4 nitrogen and oxygen atoms in total. The topological polar surface area (TPSA) is 47.6 Å². The van der Waals surface area contributed by atoms with E-state index >= 15 is 0 Å². The fourth-order valence-electron chi connectivity index (χ4n) is 2.37. The van der Waals surface area contributed by atoms with Gasteiger partial charge in [0.05, 0.1) is 12.3 Å². The largest absolute Gasteiger partial charge is 0.492 e. The number of rotatable bonds is 7. The average Bonchev–Trinajstić information content (AvgIpc) is 2.57. The number of amides is 1. The molecule has 2 aromatic rings. The minimum Gasteiger partial charge on any atom is -0.492 e. The molecule has 4 heteroatoms. The summed E-state index contributed by atoms with van der Waals surface area (Å²) in [4.78, 5) is 12.6. The van der Waals surface area contributed by atoms with Crippen LogP contribution in [-0.4, -0.2) is 18.6 Å². The number of nitrogens with one attached hydrogen (secondary N) is 1. The Balaban J connectivity index is 2.13. The van der Waals surface area contributed by atoms with Gasteiger partial charge in [0.15, 0.2) is 6.10 Å². The summed E-state index contributed by atoms with van der Waals surface area (Å²) in [5.74, 6) is 1.23. The van der Waals surface area contributed by atoms with Gasteiger partial charge in [0.25, 0.3) is 5.91 Å². The van der Waals surface area contributed by atoms with E-state index < -0.39 is 6.10 Å². The molecule has 0 radical (unpaired) electrons. The van der Waals surface area contributed by atoms with Gasteiger partial charge in [-0.1, -0.05) is 31.2 Å². The van der Waals surface area contributed by atoms with E-state index in [1.54, 1.807) is 0 Å². The zero-order chi connectivity index (χ0) is 17.5. The number of hydrogen-bond donors (Lipinski definition) is 1. The Kier molecular flexibility index (Phi) is 6.24. The molecule has 0 aliphatic heterocycles. The first kappa shape index (κ1) is 17.9. The minimum absolute atomic E-state index is 0.175. The van der Waals surface area contributed by atoms with Crippen molar-refractivity contribution < 1.29 is 14.3 Å². The maximum Gasteiger partial charge on any atom is 0.265 e. The quantitative estimate of drug-likeness (QED) is 0.814. The van der Waals surface area contributed by atoms with Crippen molar-refractivity contribution in [3.05, 3.63) is 53.6 Å². The van der Waals surface area contributed by atoms with Crippen LogP contribution in [-0.2, 0) is 4.79 Å². The highest BCUT2D eigenvalue weighted by atomic mass is 16.5. The van der Waals surface area contributed by atoms with Crippen LogP contribution in [0.25, 0.3) is 0 Å². The van der Waals surface area contributed by atoms with Crippen LogP contribution in [0.1, 0.15) is 31.4 Å². The third-order valence-corrected chi connectivity index (χ3v) is 3.72. The molecule has 0 saturated carbocycles. The second-order valence-corrected chi connectivity index (χ2v) is 5.70. The van der Waals surface area contributed by atoms with Crippen molar-refractivity contribution in [2.24, 2.45) is 0 Å². The zero-order valence-corrected chi connectivity index (χ0v) is 14.8. The predicted molar refractivity (Wildman–Crippen MR) is 96.9 cm³/mol. The van der Waals surface area contributed by atoms with Gasteiger partial charge >= 0.3 is 0 Å². The zero-order valence-electron chi connectivity index (χ0n) is 14.8. The molecule has 0 aliphatic carbocycles. The molecule has 2 rings (SSSR count). The predicted octanol–water partition coefficient (Wildman–Crippen LogP) is 4.50. The van der Waals surface area contributed by atoms with E-state index in [0.717, 1.165) is 16.9 Å². The average molecular weight is 327 g/mol. The van der Waals surface area contributed by atoms with Crippen LogP contribution < -0.4 is 14.8 Å². The first-order valence-corrected chi connectivity index (χ1v) is 8.31. The highest BCUT2D eigenvalue weighted by Gasteiger charge is 2.20. The Morgan fingerprint density at radius 3 is 2.54 bits per heavy atom. The van der Waals surface area contributed by atoms with Crippen molar-refractivity contribution in [2.45, 2.75) is 40.2 Å². The molecule has 24 heavy (non-hydrogen) atoms. The number of benzene rings is 2. The van der Waals surface area contributed by atoms with Gasteiger partial charge in [-0.05, 0) is 56.5 Å². The van der Waals surface area contributed by atoms with E-state index in [0.29, 0.717) is 24.5 Å². The van der Waals surface area contributed by atoms with Gasteiger partial charge in [-0.2, -0.15) is 0 Å². The van der Waals surface area contributed by atoms with Crippen LogP contribution >= 0.6 is 0 Å². The monoisotopic (exact) mass is 327 g/mol. The molecule has 128 valence electrons. The van der Waals surface area contributed by atoms with Crippen LogP contribution in [0.2, 0.25) is 0 Å². The Bertz CT molecular complexity index is 697. The molecule has 0 heterocycles. The van der Waals surface area contributed by atoms with Crippen LogP contribution in [0.15, 0.2) is 42.5 Å². The van der Waals surface area contributed by atoms with Crippen molar-refractivity contribution in [2.75, 3.05) is 11.9 Å². The molecule has 0 aliphatic rings. The summed E-state index contributed by atoms with van der Waals surface area (Å²) in [6.07, 6.45) is 0.0240. The fraction of sp³-hybridized carbons (Fsp3) is 0.350. The summed E-state index contributed by atoms with van der Waals surface area (Å²) < 4.78 is 11.5. The van der Waals surface area contributed by atoms with Crippen LogP contribution in [0.3, 0.4) is 0 Å². The number of anilines is 1. The summed E-state index contributed by atoms with van der Waals surface area (Å²) >= 11 is 0. The van der Waals surface area contributed by atoms with Crippen molar-refractivity contribution in [1.29, 1.82) is 0 Å². The Hall–Kier alpha value is -2.49. The number of carbonyl (C=O) groups is 1.